The summed E-state index contributed by atoms with van der Waals surface area (Å²) < 4.78 is 0. The van der Waals surface area contributed by atoms with Crippen LogP contribution in [0, 0.1) is 6.42 Å². The van der Waals surface area contributed by atoms with Crippen molar-refractivity contribution in [1.82, 2.24) is 0 Å². The van der Waals surface area contributed by atoms with Gasteiger partial charge in [0.2, 0.25) is 0 Å². The molecule has 0 aromatic carbocycles. The molecule has 0 saturated carbocycles. The fraction of sp³-hybridized carbons (Fsp3) is 0.800. The van der Waals surface area contributed by atoms with Gasteiger partial charge in [-0.2, -0.15) is 0 Å². The zero-order valence-corrected chi connectivity index (χ0v) is 10.9. The van der Waals surface area contributed by atoms with Crippen LogP contribution in [0.1, 0.15) is 19.8 Å². The number of unbranched alkanes of at least 4 members (excludes halogenated alkanes) is 2. The normalized spacial score (nSPS) is 13.1. The number of hydrogen-bond acceptors (Lipinski definition) is 0. The SMILES string of the molecule is CC[CH]CC[SiH2][SiH2][SiH3]. The highest BCUT2D eigenvalue weighted by molar-refractivity contribution is 7.23. The predicted molar refractivity (Wildman–Crippen MR) is 51.0 cm³/mol. The van der Waals surface area contributed by atoms with E-state index in [1.807, 2.05) is 0 Å². The average molecular weight is 161 g/mol. The van der Waals surface area contributed by atoms with E-state index in [1.54, 1.807) is 15.8 Å². The minimum atomic E-state index is 0.571. The molecule has 0 aromatic heterocycles. The molecule has 0 bridgehead atoms. The minimum absolute atomic E-state index is 0.571. The van der Waals surface area contributed by atoms with Crippen LogP contribution in [-0.4, -0.2) is 27.4 Å². The van der Waals surface area contributed by atoms with Crippen molar-refractivity contribution in [1.29, 1.82) is 0 Å². The lowest BCUT2D eigenvalue weighted by Gasteiger charge is -1.92. The summed E-state index contributed by atoms with van der Waals surface area (Å²) in [6.07, 6.45) is 5.16. The topological polar surface area (TPSA) is 0 Å². The summed E-state index contributed by atoms with van der Waals surface area (Å²) in [4.78, 5) is 0. The summed E-state index contributed by atoms with van der Waals surface area (Å²) in [6, 6.07) is 1.63. The Hall–Kier alpha value is 0.651. The highest BCUT2D eigenvalue weighted by Crippen LogP contribution is 1.95. The summed E-state index contributed by atoms with van der Waals surface area (Å²) in [6.45, 7) is 2.24. The summed E-state index contributed by atoms with van der Waals surface area (Å²) in [5, 5.41) is 0. The van der Waals surface area contributed by atoms with Crippen molar-refractivity contribution < 1.29 is 0 Å². The molecule has 0 fully saturated rings. The van der Waals surface area contributed by atoms with E-state index < -0.39 is 0 Å². The fourth-order valence-electron chi connectivity index (χ4n) is 0.743. The molecule has 0 rings (SSSR count). The molecule has 0 unspecified atom stereocenters. The van der Waals surface area contributed by atoms with E-state index in [4.69, 9.17) is 0 Å². The molecular weight excluding hydrogens is 144 g/mol. The molecule has 0 aliphatic carbocycles. The minimum Gasteiger partial charge on any atom is -0.0652 e. The molecular formula is C5H17Si3. The van der Waals surface area contributed by atoms with Crippen LogP contribution < -0.4 is 0 Å². The van der Waals surface area contributed by atoms with E-state index in [2.05, 4.69) is 13.3 Å². The third kappa shape index (κ3) is 6.65. The summed E-state index contributed by atoms with van der Waals surface area (Å²) >= 11 is 0. The Bertz CT molecular complexity index is 32.7. The van der Waals surface area contributed by atoms with Crippen molar-refractivity contribution >= 4 is 27.4 Å². The highest BCUT2D eigenvalue weighted by Gasteiger charge is 1.85. The van der Waals surface area contributed by atoms with Crippen molar-refractivity contribution in [2.24, 2.45) is 0 Å². The lowest BCUT2D eigenvalue weighted by molar-refractivity contribution is 0.968. The fourth-order valence-corrected chi connectivity index (χ4v) is 8.69. The second-order valence-corrected chi connectivity index (χ2v) is 18.7. The van der Waals surface area contributed by atoms with E-state index in [0.29, 0.717) is 17.6 Å². The van der Waals surface area contributed by atoms with E-state index in [0.717, 1.165) is 0 Å². The van der Waals surface area contributed by atoms with Gasteiger partial charge in [0.05, 0.1) is 0 Å². The average Bonchev–Trinajstić information content (AvgIpc) is 1.81. The standard InChI is InChI=1S/C5H17Si3/c1-2-3-4-5-7-8-6/h3H,2,4-5,7-8H2,1,6H3. The zero-order valence-electron chi connectivity index (χ0n) is 6.11. The van der Waals surface area contributed by atoms with E-state index in [-0.39, 0.29) is 0 Å². The Morgan fingerprint density at radius 2 is 2.38 bits per heavy atom. The molecule has 0 N–H and O–H groups in total. The molecule has 0 heterocycles. The van der Waals surface area contributed by atoms with Gasteiger partial charge in [-0.1, -0.05) is 25.8 Å². The molecule has 0 saturated heterocycles. The second kappa shape index (κ2) is 7.65. The maximum Gasteiger partial charge on any atom is 0.00461 e. The van der Waals surface area contributed by atoms with Gasteiger partial charge >= 0.3 is 0 Å². The third-order valence-electron chi connectivity index (χ3n) is 1.30. The molecule has 0 spiro atoms. The molecule has 3 heteroatoms. The first kappa shape index (κ1) is 8.65. The monoisotopic (exact) mass is 161 g/mol. The van der Waals surface area contributed by atoms with Gasteiger partial charge in [0.25, 0.3) is 0 Å². The zero-order chi connectivity index (χ0) is 6.24. The van der Waals surface area contributed by atoms with Gasteiger partial charge in [-0.25, -0.2) is 0 Å². The maximum absolute atomic E-state index is 2.43. The summed E-state index contributed by atoms with van der Waals surface area (Å²) in [7, 11) is 2.81. The number of rotatable bonds is 5. The summed E-state index contributed by atoms with van der Waals surface area (Å²) in [5.74, 6) is 0. The Morgan fingerprint density at radius 1 is 1.62 bits per heavy atom. The van der Waals surface area contributed by atoms with Gasteiger partial charge in [-0.15, -0.1) is 0 Å². The van der Waals surface area contributed by atoms with Crippen molar-refractivity contribution in [2.75, 3.05) is 0 Å². The van der Waals surface area contributed by atoms with E-state index in [9.17, 15) is 0 Å². The van der Waals surface area contributed by atoms with Gasteiger partial charge in [-0.05, 0) is 24.7 Å². The summed E-state index contributed by atoms with van der Waals surface area (Å²) in [5.41, 5.74) is 0. The molecule has 0 aliphatic heterocycles. The van der Waals surface area contributed by atoms with Gasteiger partial charge in [0.1, 0.15) is 0 Å². The van der Waals surface area contributed by atoms with Crippen LogP contribution in [-0.2, 0) is 0 Å². The van der Waals surface area contributed by atoms with Crippen LogP contribution in [0.25, 0.3) is 0 Å². The van der Waals surface area contributed by atoms with Crippen molar-refractivity contribution in [2.45, 2.75) is 25.8 Å². The van der Waals surface area contributed by atoms with Crippen LogP contribution in [0.5, 0.6) is 0 Å². The predicted octanol–water partition coefficient (Wildman–Crippen LogP) is -1.06. The van der Waals surface area contributed by atoms with Gasteiger partial charge in [0.15, 0.2) is 0 Å². The first-order chi connectivity index (χ1) is 3.91. The van der Waals surface area contributed by atoms with Crippen LogP contribution in [0.3, 0.4) is 0 Å². The van der Waals surface area contributed by atoms with E-state index in [1.165, 1.54) is 12.8 Å². The van der Waals surface area contributed by atoms with Gasteiger partial charge < -0.3 is 0 Å². The molecule has 8 heavy (non-hydrogen) atoms. The smallest absolute Gasteiger partial charge is 0.00461 e. The van der Waals surface area contributed by atoms with Crippen molar-refractivity contribution in [3.05, 3.63) is 6.42 Å². The van der Waals surface area contributed by atoms with Crippen molar-refractivity contribution in [3.63, 3.8) is 0 Å². The van der Waals surface area contributed by atoms with Gasteiger partial charge in [-0.3, -0.25) is 0 Å². The lowest BCUT2D eigenvalue weighted by Crippen LogP contribution is -2.01. The molecule has 0 nitrogen and oxygen atoms in total. The first-order valence-corrected chi connectivity index (χ1v) is 14.4. The van der Waals surface area contributed by atoms with Crippen LogP contribution >= 0.6 is 0 Å². The molecule has 1 radical (unpaired) electrons. The molecule has 0 aromatic rings. The van der Waals surface area contributed by atoms with Crippen LogP contribution in [0.2, 0.25) is 6.04 Å². The lowest BCUT2D eigenvalue weighted by atomic mass is 10.3. The molecule has 0 atom stereocenters. The first-order valence-electron chi connectivity index (χ1n) is 3.73. The Labute approximate surface area is 60.1 Å². The Morgan fingerprint density at radius 3 is 2.88 bits per heavy atom. The molecule has 49 valence electrons. The Balaban J connectivity index is 2.53. The maximum atomic E-state index is 2.43. The third-order valence-corrected chi connectivity index (χ3v) is 12.9. The van der Waals surface area contributed by atoms with Crippen LogP contribution in [0.15, 0.2) is 0 Å². The van der Waals surface area contributed by atoms with Crippen LogP contribution in [0.4, 0.5) is 0 Å². The Kier molecular flexibility index (Phi) is 8.27. The van der Waals surface area contributed by atoms with E-state index >= 15 is 0 Å². The largest absolute Gasteiger partial charge is 0.0652 e. The number of hydrogen-bond donors (Lipinski definition) is 0. The molecule has 0 amide bonds. The van der Waals surface area contributed by atoms with Gasteiger partial charge in [0, 0.05) is 9.04 Å². The second-order valence-electron chi connectivity index (χ2n) is 2.19. The highest BCUT2D eigenvalue weighted by atomic mass is 29.5. The van der Waals surface area contributed by atoms with Crippen molar-refractivity contribution in [3.8, 4) is 0 Å². The quantitative estimate of drug-likeness (QED) is 0.356. The molecule has 0 aliphatic rings.